The Morgan fingerprint density at radius 1 is 1.29 bits per heavy atom. The molecule has 6 nitrogen and oxygen atoms in total. The van der Waals surface area contributed by atoms with Crippen LogP contribution in [0.25, 0.3) is 0 Å². The molecule has 0 fully saturated rings. The minimum absolute atomic E-state index is 0.0258. The zero-order chi connectivity index (χ0) is 17.5. The second-order valence-electron chi connectivity index (χ2n) is 5.32. The van der Waals surface area contributed by atoms with Crippen molar-refractivity contribution in [3.63, 3.8) is 0 Å². The summed E-state index contributed by atoms with van der Waals surface area (Å²) in [6.45, 7) is 0. The van der Waals surface area contributed by atoms with Crippen molar-refractivity contribution in [2.24, 2.45) is 5.92 Å². The average molecular weight is 368 g/mol. The lowest BCUT2D eigenvalue weighted by molar-refractivity contribution is -0.133. The molecule has 1 aliphatic carbocycles. The number of rotatable bonds is 4. The number of hydrogen-bond donors (Lipinski definition) is 1. The fourth-order valence-electron chi connectivity index (χ4n) is 2.74. The summed E-state index contributed by atoms with van der Waals surface area (Å²) >= 11 is 5.80. The van der Waals surface area contributed by atoms with Gasteiger partial charge in [0.15, 0.2) is 0 Å². The highest BCUT2D eigenvalue weighted by Gasteiger charge is 2.42. The number of hydrogen-bond acceptors (Lipinski definition) is 4. The van der Waals surface area contributed by atoms with E-state index >= 15 is 0 Å². The van der Waals surface area contributed by atoms with Gasteiger partial charge >= 0.3 is 5.97 Å². The minimum Gasteiger partial charge on any atom is -0.501 e. The van der Waals surface area contributed by atoms with Crippen LogP contribution in [0.5, 0.6) is 0 Å². The Balaban J connectivity index is 2.11. The molecule has 126 valence electrons. The molecule has 1 aliphatic heterocycles. The number of carboxylic acid groups (broad SMARTS) is 1. The highest BCUT2D eigenvalue weighted by atomic mass is 35.5. The largest absolute Gasteiger partial charge is 0.501 e. The van der Waals surface area contributed by atoms with Crippen LogP contribution in [0.4, 0.5) is 0 Å². The van der Waals surface area contributed by atoms with Crippen molar-refractivity contribution in [3.8, 4) is 0 Å². The number of sulfonamides is 1. The molecule has 1 unspecified atom stereocenters. The number of carboxylic acids is 1. The Bertz CT molecular complexity index is 884. The summed E-state index contributed by atoms with van der Waals surface area (Å²) in [5.41, 5.74) is 0.107. The Hall–Kier alpha value is -2.25. The highest BCUT2D eigenvalue weighted by Crippen LogP contribution is 2.41. The molecule has 24 heavy (non-hydrogen) atoms. The Morgan fingerprint density at radius 2 is 1.96 bits per heavy atom. The van der Waals surface area contributed by atoms with Gasteiger partial charge in [-0.2, -0.15) is 0 Å². The van der Waals surface area contributed by atoms with Crippen LogP contribution in [0, 0.1) is 5.92 Å². The van der Waals surface area contributed by atoms with Crippen LogP contribution in [0.2, 0.25) is 5.02 Å². The quantitative estimate of drug-likeness (QED) is 0.884. The maximum atomic E-state index is 13.0. The Morgan fingerprint density at radius 3 is 2.54 bits per heavy atom. The number of allylic oxidation sites excluding steroid dienone is 4. The van der Waals surface area contributed by atoms with Crippen molar-refractivity contribution in [2.45, 2.75) is 11.3 Å². The van der Waals surface area contributed by atoms with E-state index in [9.17, 15) is 18.3 Å². The van der Waals surface area contributed by atoms with Crippen LogP contribution in [-0.2, 0) is 19.6 Å². The molecule has 0 amide bonds. The van der Waals surface area contributed by atoms with Gasteiger partial charge in [0.1, 0.15) is 5.70 Å². The van der Waals surface area contributed by atoms with Crippen LogP contribution in [0.1, 0.15) is 6.42 Å². The third-order valence-corrected chi connectivity index (χ3v) is 5.89. The molecule has 0 radical (unpaired) electrons. The van der Waals surface area contributed by atoms with E-state index in [0.717, 1.165) is 4.31 Å². The first kappa shape index (κ1) is 16.6. The number of methoxy groups -OCH3 is 1. The van der Waals surface area contributed by atoms with Gasteiger partial charge in [0.2, 0.25) is 0 Å². The zero-order valence-corrected chi connectivity index (χ0v) is 14.2. The van der Waals surface area contributed by atoms with E-state index in [-0.39, 0.29) is 16.5 Å². The van der Waals surface area contributed by atoms with Gasteiger partial charge in [-0.1, -0.05) is 11.6 Å². The molecular formula is C16H14ClNO5S. The summed E-state index contributed by atoms with van der Waals surface area (Å²) in [6, 6.07) is 5.60. The number of benzene rings is 1. The standard InChI is InChI=1S/C16H14ClNO5S/c1-23-12-4-7-14-10(8-12)9-15(16(19)20)18(14)24(21,22)13-5-2-11(17)3-6-13/h2-7,9-10H,8H2,1H3,(H,19,20). The van der Waals surface area contributed by atoms with Crippen molar-refractivity contribution in [1.29, 1.82) is 0 Å². The molecule has 2 aliphatic rings. The fourth-order valence-corrected chi connectivity index (χ4v) is 4.43. The molecule has 1 aromatic rings. The molecule has 1 atom stereocenters. The lowest BCUT2D eigenvalue weighted by Gasteiger charge is -2.26. The van der Waals surface area contributed by atoms with Gasteiger partial charge in [-0.15, -0.1) is 0 Å². The maximum Gasteiger partial charge on any atom is 0.353 e. The first-order valence-corrected chi connectivity index (χ1v) is 8.87. The Kier molecular flexibility index (Phi) is 4.15. The smallest absolute Gasteiger partial charge is 0.353 e. The molecule has 1 N–H and O–H groups in total. The number of nitrogens with zero attached hydrogens (tertiary/aromatic N) is 1. The lowest BCUT2D eigenvalue weighted by Crippen LogP contribution is -2.31. The summed E-state index contributed by atoms with van der Waals surface area (Å²) < 4.78 is 32.0. The van der Waals surface area contributed by atoms with Crippen molar-refractivity contribution < 1.29 is 23.1 Å². The van der Waals surface area contributed by atoms with Gasteiger partial charge in [-0.05, 0) is 42.5 Å². The second kappa shape index (κ2) is 5.99. The van der Waals surface area contributed by atoms with E-state index in [1.165, 1.54) is 37.5 Å². The molecular weight excluding hydrogens is 354 g/mol. The van der Waals surface area contributed by atoms with Crippen LogP contribution in [-0.4, -0.2) is 30.9 Å². The SMILES string of the molecule is COC1=CC=C2C(C=C(C(=O)O)N2S(=O)(=O)c2ccc(Cl)cc2)C1. The number of aliphatic carboxylic acids is 1. The summed E-state index contributed by atoms with van der Waals surface area (Å²) in [6.07, 6.45) is 5.07. The van der Waals surface area contributed by atoms with Crippen molar-refractivity contribution >= 4 is 27.6 Å². The monoisotopic (exact) mass is 367 g/mol. The average Bonchev–Trinajstić information content (AvgIpc) is 2.94. The van der Waals surface area contributed by atoms with Gasteiger partial charge in [0, 0.05) is 23.1 Å². The predicted molar refractivity (Wildman–Crippen MR) is 87.5 cm³/mol. The van der Waals surface area contributed by atoms with Crippen molar-refractivity contribution in [2.75, 3.05) is 7.11 Å². The van der Waals surface area contributed by atoms with E-state index in [4.69, 9.17) is 16.3 Å². The minimum atomic E-state index is -4.06. The van der Waals surface area contributed by atoms with Crippen molar-refractivity contribution in [3.05, 3.63) is 64.7 Å². The molecule has 0 saturated carbocycles. The van der Waals surface area contributed by atoms with Crippen LogP contribution in [0.15, 0.2) is 64.5 Å². The molecule has 8 heteroatoms. The van der Waals surface area contributed by atoms with Gasteiger partial charge < -0.3 is 9.84 Å². The van der Waals surface area contributed by atoms with Gasteiger partial charge in [0.05, 0.1) is 17.8 Å². The second-order valence-corrected chi connectivity index (χ2v) is 7.54. The molecule has 0 bridgehead atoms. The number of carbonyl (C=O) groups is 1. The molecule has 0 spiro atoms. The number of fused-ring (bicyclic) bond motifs is 1. The van der Waals surface area contributed by atoms with Crippen LogP contribution < -0.4 is 0 Å². The van der Waals surface area contributed by atoms with E-state index in [0.29, 0.717) is 22.9 Å². The van der Waals surface area contributed by atoms with E-state index < -0.39 is 16.0 Å². The summed E-state index contributed by atoms with van der Waals surface area (Å²) in [5.74, 6) is -1.00. The normalized spacial score (nSPS) is 20.0. The Labute approximate surface area is 144 Å². The van der Waals surface area contributed by atoms with Gasteiger partial charge in [-0.25, -0.2) is 17.5 Å². The maximum absolute atomic E-state index is 13.0. The number of ether oxygens (including phenoxy) is 1. The highest BCUT2D eigenvalue weighted by molar-refractivity contribution is 7.89. The van der Waals surface area contributed by atoms with Crippen LogP contribution >= 0.6 is 11.6 Å². The van der Waals surface area contributed by atoms with E-state index in [1.807, 2.05) is 0 Å². The molecule has 1 heterocycles. The van der Waals surface area contributed by atoms with Crippen LogP contribution in [0.3, 0.4) is 0 Å². The predicted octanol–water partition coefficient (Wildman–Crippen LogP) is 2.75. The molecule has 1 aromatic carbocycles. The third-order valence-electron chi connectivity index (χ3n) is 3.89. The van der Waals surface area contributed by atoms with Gasteiger partial charge in [-0.3, -0.25) is 0 Å². The van der Waals surface area contributed by atoms with E-state index in [2.05, 4.69) is 0 Å². The molecule has 0 aromatic heterocycles. The zero-order valence-electron chi connectivity index (χ0n) is 12.6. The summed E-state index contributed by atoms with van der Waals surface area (Å²) in [5, 5.41) is 9.83. The molecule has 3 rings (SSSR count). The summed E-state index contributed by atoms with van der Waals surface area (Å²) in [4.78, 5) is 11.5. The summed E-state index contributed by atoms with van der Waals surface area (Å²) in [7, 11) is -2.54. The topological polar surface area (TPSA) is 83.9 Å². The number of halogens is 1. The fraction of sp³-hybridized carbons (Fsp3) is 0.188. The van der Waals surface area contributed by atoms with Crippen molar-refractivity contribution in [1.82, 2.24) is 4.31 Å². The first-order valence-electron chi connectivity index (χ1n) is 7.05. The van der Waals surface area contributed by atoms with E-state index in [1.54, 1.807) is 12.2 Å². The molecule has 0 saturated heterocycles. The first-order chi connectivity index (χ1) is 11.3. The third kappa shape index (κ3) is 2.70. The van der Waals surface area contributed by atoms with Gasteiger partial charge in [0.25, 0.3) is 10.0 Å². The lowest BCUT2D eigenvalue weighted by atomic mass is 9.97.